The van der Waals surface area contributed by atoms with E-state index < -0.39 is 12.0 Å². The number of carbonyl (C=O) groups is 2. The third-order valence-electron chi connectivity index (χ3n) is 3.51. The molecule has 26 heavy (non-hydrogen) atoms. The minimum Gasteiger partial charge on any atom is -0.481 e. The van der Waals surface area contributed by atoms with Crippen molar-refractivity contribution in [2.45, 2.75) is 37.0 Å². The molecule has 2 atom stereocenters. The molecule has 2 N–H and O–H groups in total. The number of hydrazine groups is 1. The molecular formula is C19H21FN2O3S. The molecule has 0 aliphatic heterocycles. The van der Waals surface area contributed by atoms with Gasteiger partial charge in [0, 0.05) is 4.90 Å². The molecule has 0 radical (unpaired) electrons. The molecule has 7 heteroatoms. The lowest BCUT2D eigenvalue weighted by Crippen LogP contribution is -2.49. The fourth-order valence-electron chi connectivity index (χ4n) is 1.97. The van der Waals surface area contributed by atoms with Crippen molar-refractivity contribution in [2.75, 3.05) is 0 Å². The number of rotatable bonds is 6. The lowest BCUT2D eigenvalue weighted by molar-refractivity contribution is -0.132. The summed E-state index contributed by atoms with van der Waals surface area (Å²) in [6, 6.07) is 13.2. The molecule has 0 aliphatic rings. The molecule has 2 rings (SSSR count). The molecule has 0 aliphatic carbocycles. The summed E-state index contributed by atoms with van der Waals surface area (Å²) in [5.41, 5.74) is 5.88. The predicted octanol–water partition coefficient (Wildman–Crippen LogP) is 3.23. The topological polar surface area (TPSA) is 67.4 Å². The third kappa shape index (κ3) is 6.07. The molecular weight excluding hydrogens is 355 g/mol. The molecule has 0 spiro atoms. The Balaban J connectivity index is 1.78. The largest absolute Gasteiger partial charge is 0.481 e. The normalized spacial score (nSPS) is 12.8. The summed E-state index contributed by atoms with van der Waals surface area (Å²) in [4.78, 5) is 25.1. The van der Waals surface area contributed by atoms with Crippen LogP contribution in [0.3, 0.4) is 0 Å². The molecule has 0 aromatic heterocycles. The Bertz CT molecular complexity index is 685. The number of thioether (sulfide) groups is 1. The Morgan fingerprint density at radius 3 is 2.15 bits per heavy atom. The quantitative estimate of drug-likeness (QED) is 0.600. The number of aryl methyl sites for hydroxylation is 1. The van der Waals surface area contributed by atoms with Gasteiger partial charge in [-0.25, -0.2) is 4.39 Å². The van der Waals surface area contributed by atoms with Crippen LogP contribution in [0.1, 0.15) is 19.4 Å². The average molecular weight is 376 g/mol. The van der Waals surface area contributed by atoms with E-state index in [1.807, 2.05) is 31.2 Å². The summed E-state index contributed by atoms with van der Waals surface area (Å²) >= 11 is 1.39. The first-order chi connectivity index (χ1) is 12.3. The second-order valence-electron chi connectivity index (χ2n) is 5.77. The first kappa shape index (κ1) is 19.8. The van der Waals surface area contributed by atoms with Crippen LogP contribution < -0.4 is 15.6 Å². The fraction of sp³-hybridized carbons (Fsp3) is 0.263. The summed E-state index contributed by atoms with van der Waals surface area (Å²) in [6.45, 7) is 5.29. The molecule has 2 aromatic rings. The van der Waals surface area contributed by atoms with E-state index in [1.54, 1.807) is 6.92 Å². The molecule has 2 amide bonds. The van der Waals surface area contributed by atoms with Crippen LogP contribution in [-0.2, 0) is 9.59 Å². The van der Waals surface area contributed by atoms with Crippen LogP contribution in [0.25, 0.3) is 0 Å². The predicted molar refractivity (Wildman–Crippen MR) is 99.3 cm³/mol. The van der Waals surface area contributed by atoms with Gasteiger partial charge in [-0.1, -0.05) is 17.7 Å². The Hall–Kier alpha value is -2.54. The number of hydrogen-bond donors (Lipinski definition) is 2. The van der Waals surface area contributed by atoms with Crippen molar-refractivity contribution in [3.63, 3.8) is 0 Å². The van der Waals surface area contributed by atoms with Crippen molar-refractivity contribution in [3.8, 4) is 5.75 Å². The van der Waals surface area contributed by atoms with Crippen LogP contribution in [0, 0.1) is 12.7 Å². The highest BCUT2D eigenvalue weighted by atomic mass is 32.2. The molecule has 0 fully saturated rings. The van der Waals surface area contributed by atoms with Gasteiger partial charge in [-0.3, -0.25) is 20.4 Å². The smallest absolute Gasteiger partial charge is 0.279 e. The summed E-state index contributed by atoms with van der Waals surface area (Å²) in [5, 5.41) is -0.383. The van der Waals surface area contributed by atoms with Gasteiger partial charge in [-0.05, 0) is 57.2 Å². The molecule has 0 bridgehead atoms. The molecule has 0 saturated heterocycles. The SMILES string of the molecule is Cc1ccc(S[C@H](C)C(=O)NNC(=O)[C@H](C)Oc2ccc(F)cc2)cc1. The number of carbonyl (C=O) groups excluding carboxylic acids is 2. The molecule has 0 saturated carbocycles. The van der Waals surface area contributed by atoms with Crippen molar-refractivity contribution < 1.29 is 18.7 Å². The lowest BCUT2D eigenvalue weighted by atomic mass is 10.2. The standard InChI is InChI=1S/C19H21FN2O3S/c1-12-4-10-17(11-5-12)26-14(3)19(24)22-21-18(23)13(2)25-16-8-6-15(20)7-9-16/h4-11,13-14H,1-3H3,(H,21,23)(H,22,24)/t13-,14+/m0/s1. The summed E-state index contributed by atoms with van der Waals surface area (Å²) in [6.07, 6.45) is -0.846. The number of nitrogens with one attached hydrogen (secondary N) is 2. The van der Waals surface area contributed by atoms with Crippen molar-refractivity contribution >= 4 is 23.6 Å². The number of hydrogen-bond acceptors (Lipinski definition) is 4. The van der Waals surface area contributed by atoms with Crippen molar-refractivity contribution in [3.05, 3.63) is 59.9 Å². The zero-order chi connectivity index (χ0) is 19.1. The van der Waals surface area contributed by atoms with E-state index in [0.717, 1.165) is 10.5 Å². The maximum atomic E-state index is 12.9. The Kier molecular flexibility index (Phi) is 7.03. The number of halogens is 1. The summed E-state index contributed by atoms with van der Waals surface area (Å²) < 4.78 is 18.3. The Morgan fingerprint density at radius 2 is 1.54 bits per heavy atom. The van der Waals surface area contributed by atoms with Gasteiger partial charge in [0.25, 0.3) is 11.8 Å². The van der Waals surface area contributed by atoms with Gasteiger partial charge < -0.3 is 4.74 Å². The minimum absolute atomic E-state index is 0.321. The Labute approximate surface area is 156 Å². The van der Waals surface area contributed by atoms with Gasteiger partial charge in [0.2, 0.25) is 0 Å². The molecule has 2 aromatic carbocycles. The second-order valence-corrected chi connectivity index (χ2v) is 7.18. The van der Waals surface area contributed by atoms with Crippen LogP contribution in [-0.4, -0.2) is 23.2 Å². The van der Waals surface area contributed by atoms with Crippen LogP contribution in [0.4, 0.5) is 4.39 Å². The number of benzene rings is 2. The van der Waals surface area contributed by atoms with E-state index in [2.05, 4.69) is 10.9 Å². The van der Waals surface area contributed by atoms with Crippen LogP contribution in [0.15, 0.2) is 53.4 Å². The average Bonchev–Trinajstić information content (AvgIpc) is 2.63. The van der Waals surface area contributed by atoms with Crippen molar-refractivity contribution in [2.24, 2.45) is 0 Å². The van der Waals surface area contributed by atoms with Crippen LogP contribution in [0.2, 0.25) is 0 Å². The van der Waals surface area contributed by atoms with Gasteiger partial charge >= 0.3 is 0 Å². The lowest BCUT2D eigenvalue weighted by Gasteiger charge is -2.17. The number of ether oxygens (including phenoxy) is 1. The van der Waals surface area contributed by atoms with Gasteiger partial charge in [0.05, 0.1) is 5.25 Å². The molecule has 138 valence electrons. The van der Waals surface area contributed by atoms with Gasteiger partial charge in [0.1, 0.15) is 11.6 Å². The first-order valence-electron chi connectivity index (χ1n) is 8.10. The maximum absolute atomic E-state index is 12.9. The summed E-state index contributed by atoms with van der Waals surface area (Å²) in [7, 11) is 0. The summed E-state index contributed by atoms with van der Waals surface area (Å²) in [5.74, 6) is -0.849. The molecule has 0 unspecified atom stereocenters. The first-order valence-corrected chi connectivity index (χ1v) is 8.98. The minimum atomic E-state index is -0.846. The monoisotopic (exact) mass is 376 g/mol. The van der Waals surface area contributed by atoms with Crippen molar-refractivity contribution in [1.82, 2.24) is 10.9 Å². The van der Waals surface area contributed by atoms with Gasteiger partial charge in [0.15, 0.2) is 6.10 Å². The maximum Gasteiger partial charge on any atom is 0.279 e. The zero-order valence-electron chi connectivity index (χ0n) is 14.8. The van der Waals surface area contributed by atoms with E-state index >= 15 is 0 Å². The van der Waals surface area contributed by atoms with Crippen molar-refractivity contribution in [1.29, 1.82) is 0 Å². The highest BCUT2D eigenvalue weighted by Crippen LogP contribution is 2.23. The van der Waals surface area contributed by atoms with Crippen LogP contribution in [0.5, 0.6) is 5.75 Å². The highest BCUT2D eigenvalue weighted by Gasteiger charge is 2.18. The highest BCUT2D eigenvalue weighted by molar-refractivity contribution is 8.00. The van der Waals surface area contributed by atoms with E-state index in [9.17, 15) is 14.0 Å². The second kappa shape index (κ2) is 9.24. The van der Waals surface area contributed by atoms with E-state index in [4.69, 9.17) is 4.74 Å². The van der Waals surface area contributed by atoms with Gasteiger partial charge in [-0.15, -0.1) is 11.8 Å². The van der Waals surface area contributed by atoms with Gasteiger partial charge in [-0.2, -0.15) is 0 Å². The molecule has 0 heterocycles. The number of amides is 2. The Morgan fingerprint density at radius 1 is 0.962 bits per heavy atom. The third-order valence-corrected chi connectivity index (χ3v) is 4.62. The fourth-order valence-corrected chi connectivity index (χ4v) is 2.84. The zero-order valence-corrected chi connectivity index (χ0v) is 15.6. The van der Waals surface area contributed by atoms with E-state index in [1.165, 1.54) is 43.0 Å². The van der Waals surface area contributed by atoms with Crippen LogP contribution >= 0.6 is 11.8 Å². The van der Waals surface area contributed by atoms with E-state index in [0.29, 0.717) is 5.75 Å². The molecule has 5 nitrogen and oxygen atoms in total. The van der Waals surface area contributed by atoms with E-state index in [-0.39, 0.29) is 17.0 Å².